The van der Waals surface area contributed by atoms with E-state index in [0.717, 1.165) is 29.7 Å². The van der Waals surface area contributed by atoms with E-state index in [2.05, 4.69) is 6.92 Å². The van der Waals surface area contributed by atoms with Gasteiger partial charge in [0.2, 0.25) is 0 Å². The van der Waals surface area contributed by atoms with Gasteiger partial charge >= 0.3 is 11.9 Å². The lowest BCUT2D eigenvalue weighted by molar-refractivity contribution is -0.139. The third kappa shape index (κ3) is 4.78. The third-order valence-electron chi connectivity index (χ3n) is 4.37. The number of esters is 1. The Morgan fingerprint density at radius 1 is 1.15 bits per heavy atom. The largest absolute Gasteiger partial charge is 0.494 e. The van der Waals surface area contributed by atoms with E-state index in [4.69, 9.17) is 19.3 Å². The molecule has 1 aliphatic rings. The lowest BCUT2D eigenvalue weighted by Crippen LogP contribution is -2.21. The van der Waals surface area contributed by atoms with Crippen molar-refractivity contribution in [1.82, 2.24) is 0 Å². The number of fused-ring (bicyclic) bond motifs is 1. The first-order chi connectivity index (χ1) is 13.1. The first-order valence-electron chi connectivity index (χ1n) is 8.98. The van der Waals surface area contributed by atoms with E-state index in [9.17, 15) is 9.59 Å². The Kier molecular flexibility index (Phi) is 5.96. The lowest BCUT2D eigenvalue weighted by Gasteiger charge is -2.25. The first-order valence-corrected chi connectivity index (χ1v) is 8.98. The molecule has 0 saturated heterocycles. The number of carboxylic acid groups (broad SMARTS) is 1. The van der Waals surface area contributed by atoms with Gasteiger partial charge in [-0.3, -0.25) is 4.79 Å². The summed E-state index contributed by atoms with van der Waals surface area (Å²) in [6.45, 7) is 2.35. The van der Waals surface area contributed by atoms with E-state index >= 15 is 0 Å². The summed E-state index contributed by atoms with van der Waals surface area (Å²) in [5.74, 6) is 0.0457. The average molecular weight is 370 g/mol. The zero-order chi connectivity index (χ0) is 19.2. The summed E-state index contributed by atoms with van der Waals surface area (Å²) in [6.07, 6.45) is 2.34. The molecule has 142 valence electrons. The van der Waals surface area contributed by atoms with Gasteiger partial charge in [-0.2, -0.15) is 0 Å². The standard InChI is InChI=1S/C21H22O6/c1-2-3-10-25-15-6-4-14(5-7-15)18-12-21(24)27-19-11-16(8-9-17(18)19)26-13-20(22)23/h4-9,11,18H,2-3,10,12-13H2,1H3,(H,22,23). The molecule has 0 fully saturated rings. The molecule has 0 bridgehead atoms. The van der Waals surface area contributed by atoms with Gasteiger partial charge in [-0.15, -0.1) is 0 Å². The van der Waals surface area contributed by atoms with Crippen molar-refractivity contribution in [3.8, 4) is 17.2 Å². The monoisotopic (exact) mass is 370 g/mol. The van der Waals surface area contributed by atoms with Crippen molar-refractivity contribution < 1.29 is 28.9 Å². The minimum Gasteiger partial charge on any atom is -0.494 e. The molecule has 6 heteroatoms. The maximum absolute atomic E-state index is 12.0. The minimum absolute atomic E-state index is 0.125. The van der Waals surface area contributed by atoms with Crippen molar-refractivity contribution in [3.63, 3.8) is 0 Å². The minimum atomic E-state index is -1.07. The number of unbranched alkanes of at least 4 members (excludes halogenated alkanes) is 1. The van der Waals surface area contributed by atoms with Crippen LogP contribution in [0.5, 0.6) is 17.2 Å². The zero-order valence-corrected chi connectivity index (χ0v) is 15.1. The fourth-order valence-electron chi connectivity index (χ4n) is 2.99. The Hall–Kier alpha value is -3.02. The van der Waals surface area contributed by atoms with Crippen LogP contribution in [0, 0.1) is 0 Å². The summed E-state index contributed by atoms with van der Waals surface area (Å²) < 4.78 is 16.2. The van der Waals surface area contributed by atoms with Crippen LogP contribution < -0.4 is 14.2 Å². The predicted octanol–water partition coefficient (Wildman–Crippen LogP) is 3.77. The number of hydrogen-bond acceptors (Lipinski definition) is 5. The van der Waals surface area contributed by atoms with E-state index in [1.54, 1.807) is 12.1 Å². The molecule has 1 unspecified atom stereocenters. The number of hydrogen-bond donors (Lipinski definition) is 1. The number of aliphatic carboxylic acids is 1. The van der Waals surface area contributed by atoms with Crippen LogP contribution in [0.15, 0.2) is 42.5 Å². The molecule has 3 rings (SSSR count). The molecule has 2 aromatic carbocycles. The zero-order valence-electron chi connectivity index (χ0n) is 15.1. The molecule has 1 heterocycles. The number of carbonyl (C=O) groups is 2. The highest BCUT2D eigenvalue weighted by Crippen LogP contribution is 2.40. The van der Waals surface area contributed by atoms with Crippen LogP contribution in [0.3, 0.4) is 0 Å². The predicted molar refractivity (Wildman–Crippen MR) is 98.5 cm³/mol. The summed E-state index contributed by atoms with van der Waals surface area (Å²) in [7, 11) is 0. The van der Waals surface area contributed by atoms with Gasteiger partial charge in [-0.25, -0.2) is 4.79 Å². The summed E-state index contributed by atoms with van der Waals surface area (Å²) in [6, 6.07) is 12.8. The van der Waals surface area contributed by atoms with Crippen LogP contribution in [-0.4, -0.2) is 30.3 Å². The molecular weight excluding hydrogens is 348 g/mol. The highest BCUT2D eigenvalue weighted by molar-refractivity contribution is 5.78. The molecule has 6 nitrogen and oxygen atoms in total. The van der Waals surface area contributed by atoms with Gasteiger partial charge in [0.05, 0.1) is 13.0 Å². The van der Waals surface area contributed by atoms with Crippen molar-refractivity contribution in [2.75, 3.05) is 13.2 Å². The topological polar surface area (TPSA) is 82.1 Å². The Labute approximate surface area is 157 Å². The molecule has 0 saturated carbocycles. The van der Waals surface area contributed by atoms with Gasteiger partial charge in [0.15, 0.2) is 6.61 Å². The van der Waals surface area contributed by atoms with Crippen LogP contribution in [0.25, 0.3) is 0 Å². The highest BCUT2D eigenvalue weighted by atomic mass is 16.5. The summed E-state index contributed by atoms with van der Waals surface area (Å²) in [5.41, 5.74) is 1.87. The van der Waals surface area contributed by atoms with Crippen molar-refractivity contribution in [2.24, 2.45) is 0 Å². The van der Waals surface area contributed by atoms with Crippen molar-refractivity contribution in [1.29, 1.82) is 0 Å². The fraction of sp³-hybridized carbons (Fsp3) is 0.333. The van der Waals surface area contributed by atoms with Crippen LogP contribution in [-0.2, 0) is 9.59 Å². The maximum Gasteiger partial charge on any atom is 0.341 e. The number of carboxylic acids is 1. The third-order valence-corrected chi connectivity index (χ3v) is 4.37. The van der Waals surface area contributed by atoms with E-state index in [1.165, 1.54) is 0 Å². The lowest BCUT2D eigenvalue weighted by atomic mass is 9.86. The van der Waals surface area contributed by atoms with Gasteiger partial charge in [-0.1, -0.05) is 31.5 Å². The Bertz CT molecular complexity index is 812. The van der Waals surface area contributed by atoms with Gasteiger partial charge < -0.3 is 19.3 Å². The van der Waals surface area contributed by atoms with Crippen LogP contribution >= 0.6 is 0 Å². The summed E-state index contributed by atoms with van der Waals surface area (Å²) in [5, 5.41) is 8.72. The molecule has 0 amide bonds. The smallest absolute Gasteiger partial charge is 0.341 e. The van der Waals surface area contributed by atoms with Gasteiger partial charge in [0.25, 0.3) is 0 Å². The highest BCUT2D eigenvalue weighted by Gasteiger charge is 2.28. The normalized spacial score (nSPS) is 15.6. The van der Waals surface area contributed by atoms with Gasteiger partial charge in [-0.05, 0) is 30.2 Å². The maximum atomic E-state index is 12.0. The Morgan fingerprint density at radius 2 is 1.89 bits per heavy atom. The molecule has 1 atom stereocenters. The second-order valence-electron chi connectivity index (χ2n) is 6.38. The number of benzene rings is 2. The molecule has 1 N–H and O–H groups in total. The molecule has 27 heavy (non-hydrogen) atoms. The Balaban J connectivity index is 1.79. The first kappa shape index (κ1) is 18.8. The van der Waals surface area contributed by atoms with Gasteiger partial charge in [0.1, 0.15) is 17.2 Å². The van der Waals surface area contributed by atoms with E-state index in [0.29, 0.717) is 18.1 Å². The number of rotatable bonds is 8. The van der Waals surface area contributed by atoms with Gasteiger partial charge in [0, 0.05) is 17.5 Å². The van der Waals surface area contributed by atoms with Crippen molar-refractivity contribution in [2.45, 2.75) is 32.1 Å². The van der Waals surface area contributed by atoms with E-state index < -0.39 is 12.6 Å². The quantitative estimate of drug-likeness (QED) is 0.433. The second kappa shape index (κ2) is 8.58. The molecule has 0 spiro atoms. The van der Waals surface area contributed by atoms with Crippen LogP contribution in [0.4, 0.5) is 0 Å². The number of carbonyl (C=O) groups excluding carboxylic acids is 1. The second-order valence-corrected chi connectivity index (χ2v) is 6.38. The van der Waals surface area contributed by atoms with Crippen LogP contribution in [0.2, 0.25) is 0 Å². The molecule has 1 aliphatic heterocycles. The Morgan fingerprint density at radius 3 is 2.59 bits per heavy atom. The van der Waals surface area contributed by atoms with Crippen molar-refractivity contribution in [3.05, 3.63) is 53.6 Å². The number of ether oxygens (including phenoxy) is 3. The molecular formula is C21H22O6. The molecule has 0 aromatic heterocycles. The SMILES string of the molecule is CCCCOc1ccc(C2CC(=O)Oc3cc(OCC(=O)O)ccc32)cc1. The summed E-state index contributed by atoms with van der Waals surface area (Å²) >= 11 is 0. The van der Waals surface area contributed by atoms with E-state index in [-0.39, 0.29) is 18.3 Å². The van der Waals surface area contributed by atoms with Crippen molar-refractivity contribution >= 4 is 11.9 Å². The molecule has 0 radical (unpaired) electrons. The summed E-state index contributed by atoms with van der Waals surface area (Å²) in [4.78, 5) is 22.7. The fourth-order valence-corrected chi connectivity index (χ4v) is 2.99. The van der Waals surface area contributed by atoms with Crippen LogP contribution in [0.1, 0.15) is 43.2 Å². The molecule has 0 aliphatic carbocycles. The average Bonchev–Trinajstić information content (AvgIpc) is 2.66. The molecule has 2 aromatic rings. The van der Waals surface area contributed by atoms with E-state index in [1.807, 2.05) is 30.3 Å².